The second kappa shape index (κ2) is 5.41. The lowest BCUT2D eigenvalue weighted by atomic mass is 10.0. The average molecular weight is 358 g/mol. The summed E-state index contributed by atoms with van der Waals surface area (Å²) >= 11 is 6.01. The Hall–Kier alpha value is -3.17. The minimum atomic E-state index is -0.147. The van der Waals surface area contributed by atoms with E-state index in [4.69, 9.17) is 11.6 Å². The molecule has 0 saturated heterocycles. The van der Waals surface area contributed by atoms with Crippen LogP contribution in [0.1, 0.15) is 15.9 Å². The molecule has 0 N–H and O–H groups in total. The summed E-state index contributed by atoms with van der Waals surface area (Å²) in [4.78, 5) is 26.4. The summed E-state index contributed by atoms with van der Waals surface area (Å²) < 4.78 is 1.62. The van der Waals surface area contributed by atoms with Crippen molar-refractivity contribution >= 4 is 28.2 Å². The van der Waals surface area contributed by atoms with E-state index in [0.29, 0.717) is 38.3 Å². The van der Waals surface area contributed by atoms with Crippen LogP contribution in [0.5, 0.6) is 0 Å². The molecule has 0 saturated carbocycles. The molecule has 0 spiro atoms. The SMILES string of the molecule is O=C1c2ccccc2-c2c1c1ccccc1c(=O)n2-c1ccc(Cl)cc1. The maximum atomic E-state index is 13.3. The Bertz CT molecular complexity index is 1270. The third kappa shape index (κ3) is 1.95. The van der Waals surface area contributed by atoms with E-state index < -0.39 is 0 Å². The molecule has 26 heavy (non-hydrogen) atoms. The normalized spacial score (nSPS) is 12.3. The van der Waals surface area contributed by atoms with Gasteiger partial charge in [-0.05, 0) is 30.3 Å². The second-order valence-corrected chi connectivity index (χ2v) is 6.70. The molecule has 1 aliphatic carbocycles. The second-order valence-electron chi connectivity index (χ2n) is 6.26. The minimum Gasteiger partial charge on any atom is -0.288 e. The number of carbonyl (C=O) groups excluding carboxylic acids is 1. The van der Waals surface area contributed by atoms with Crippen molar-refractivity contribution in [1.29, 1.82) is 0 Å². The predicted molar refractivity (Wildman–Crippen MR) is 103 cm³/mol. The highest BCUT2D eigenvalue weighted by molar-refractivity contribution is 6.30. The van der Waals surface area contributed by atoms with Gasteiger partial charge >= 0.3 is 0 Å². The van der Waals surface area contributed by atoms with Gasteiger partial charge < -0.3 is 0 Å². The molecule has 0 atom stereocenters. The number of hydrogen-bond donors (Lipinski definition) is 0. The highest BCUT2D eigenvalue weighted by atomic mass is 35.5. The quantitative estimate of drug-likeness (QED) is 0.430. The van der Waals surface area contributed by atoms with E-state index in [-0.39, 0.29) is 11.3 Å². The van der Waals surface area contributed by atoms with E-state index in [9.17, 15) is 9.59 Å². The number of ketones is 1. The van der Waals surface area contributed by atoms with E-state index >= 15 is 0 Å². The van der Waals surface area contributed by atoms with Crippen LogP contribution in [-0.2, 0) is 0 Å². The van der Waals surface area contributed by atoms with E-state index in [0.717, 1.165) is 5.56 Å². The minimum absolute atomic E-state index is 0.0467. The number of hydrogen-bond acceptors (Lipinski definition) is 2. The highest BCUT2D eigenvalue weighted by Crippen LogP contribution is 2.40. The first-order valence-electron chi connectivity index (χ1n) is 8.24. The molecule has 1 aliphatic rings. The maximum absolute atomic E-state index is 13.3. The smallest absolute Gasteiger partial charge is 0.263 e. The van der Waals surface area contributed by atoms with Crippen LogP contribution in [-0.4, -0.2) is 10.4 Å². The summed E-state index contributed by atoms with van der Waals surface area (Å²) in [6.45, 7) is 0. The van der Waals surface area contributed by atoms with Crippen LogP contribution in [0.25, 0.3) is 27.7 Å². The summed E-state index contributed by atoms with van der Waals surface area (Å²) in [5.41, 5.74) is 3.18. The summed E-state index contributed by atoms with van der Waals surface area (Å²) in [5.74, 6) is -0.0467. The standard InChI is InChI=1S/C22H12ClNO2/c23-13-9-11-14(12-10-13)24-20-16-6-2-3-7-17(16)21(25)19(20)15-5-1-4-8-18(15)22(24)26/h1-12H. The molecule has 1 aromatic heterocycles. The van der Waals surface area contributed by atoms with Crippen molar-refractivity contribution < 1.29 is 4.79 Å². The van der Waals surface area contributed by atoms with Crippen molar-refractivity contribution in [2.75, 3.05) is 0 Å². The third-order valence-corrected chi connectivity index (χ3v) is 5.08. The number of pyridine rings is 1. The zero-order valence-electron chi connectivity index (χ0n) is 13.6. The first-order valence-corrected chi connectivity index (χ1v) is 8.62. The largest absolute Gasteiger partial charge is 0.288 e. The lowest BCUT2D eigenvalue weighted by Gasteiger charge is -2.15. The molecule has 3 aromatic carbocycles. The lowest BCUT2D eigenvalue weighted by Crippen LogP contribution is -2.21. The van der Waals surface area contributed by atoms with Crippen LogP contribution >= 0.6 is 11.6 Å². The molecular formula is C22H12ClNO2. The molecule has 124 valence electrons. The molecule has 1 heterocycles. The number of nitrogens with zero attached hydrogens (tertiary/aromatic N) is 1. The molecule has 4 aromatic rings. The Morgan fingerprint density at radius 2 is 1.31 bits per heavy atom. The van der Waals surface area contributed by atoms with Crippen LogP contribution < -0.4 is 5.56 Å². The summed E-state index contributed by atoms with van der Waals surface area (Å²) in [6, 6.07) is 21.8. The maximum Gasteiger partial charge on any atom is 0.263 e. The molecule has 0 aliphatic heterocycles. The van der Waals surface area contributed by atoms with E-state index in [2.05, 4.69) is 0 Å². The monoisotopic (exact) mass is 357 g/mol. The fraction of sp³-hybridized carbons (Fsp3) is 0. The first-order chi connectivity index (χ1) is 12.7. The lowest BCUT2D eigenvalue weighted by molar-refractivity contribution is 0.104. The molecule has 0 bridgehead atoms. The van der Waals surface area contributed by atoms with E-state index in [1.807, 2.05) is 42.5 Å². The Kier molecular flexibility index (Phi) is 3.15. The van der Waals surface area contributed by atoms with Gasteiger partial charge in [0.05, 0.1) is 11.3 Å². The Morgan fingerprint density at radius 1 is 0.692 bits per heavy atom. The topological polar surface area (TPSA) is 39.1 Å². The number of halogens is 1. The van der Waals surface area contributed by atoms with Crippen molar-refractivity contribution in [1.82, 2.24) is 4.57 Å². The van der Waals surface area contributed by atoms with Gasteiger partial charge in [0.2, 0.25) is 0 Å². The Labute approximate surface area is 154 Å². The molecule has 0 amide bonds. The van der Waals surface area contributed by atoms with Gasteiger partial charge in [-0.25, -0.2) is 0 Å². The van der Waals surface area contributed by atoms with E-state index in [1.54, 1.807) is 34.9 Å². The van der Waals surface area contributed by atoms with E-state index in [1.165, 1.54) is 0 Å². The van der Waals surface area contributed by atoms with Gasteiger partial charge in [0, 0.05) is 32.6 Å². The number of rotatable bonds is 1. The van der Waals surface area contributed by atoms with Crippen molar-refractivity contribution in [3.8, 4) is 16.9 Å². The molecule has 3 nitrogen and oxygen atoms in total. The predicted octanol–water partition coefficient (Wildman–Crippen LogP) is 4.86. The number of carbonyl (C=O) groups is 1. The number of benzene rings is 3. The van der Waals surface area contributed by atoms with Crippen molar-refractivity contribution in [3.63, 3.8) is 0 Å². The fourth-order valence-corrected chi connectivity index (χ4v) is 3.82. The van der Waals surface area contributed by atoms with Crippen LogP contribution in [0.2, 0.25) is 5.02 Å². The van der Waals surface area contributed by atoms with Crippen LogP contribution in [0.15, 0.2) is 77.6 Å². The summed E-state index contributed by atoms with van der Waals surface area (Å²) in [5, 5.41) is 1.82. The average Bonchev–Trinajstić information content (AvgIpc) is 2.97. The van der Waals surface area contributed by atoms with Crippen molar-refractivity contribution in [2.45, 2.75) is 0 Å². The van der Waals surface area contributed by atoms with Gasteiger partial charge in [0.15, 0.2) is 5.78 Å². The zero-order valence-corrected chi connectivity index (χ0v) is 14.3. The first kappa shape index (κ1) is 15.1. The Balaban J connectivity index is 2.02. The molecule has 5 rings (SSSR count). The Morgan fingerprint density at radius 3 is 2.04 bits per heavy atom. The highest BCUT2D eigenvalue weighted by Gasteiger charge is 2.32. The third-order valence-electron chi connectivity index (χ3n) is 4.83. The molecule has 0 radical (unpaired) electrons. The molecule has 0 unspecified atom stereocenters. The number of fused-ring (bicyclic) bond motifs is 5. The summed E-state index contributed by atoms with van der Waals surface area (Å²) in [7, 11) is 0. The molecular weight excluding hydrogens is 346 g/mol. The van der Waals surface area contributed by atoms with Crippen LogP contribution in [0, 0.1) is 0 Å². The molecule has 0 fully saturated rings. The van der Waals surface area contributed by atoms with Gasteiger partial charge in [-0.1, -0.05) is 54.1 Å². The summed E-state index contributed by atoms with van der Waals surface area (Å²) in [6.07, 6.45) is 0. The molecule has 4 heteroatoms. The van der Waals surface area contributed by atoms with Crippen molar-refractivity contribution in [2.24, 2.45) is 0 Å². The van der Waals surface area contributed by atoms with Gasteiger partial charge in [0.25, 0.3) is 5.56 Å². The van der Waals surface area contributed by atoms with Crippen LogP contribution in [0.3, 0.4) is 0 Å². The van der Waals surface area contributed by atoms with Gasteiger partial charge in [0.1, 0.15) is 0 Å². The van der Waals surface area contributed by atoms with Gasteiger partial charge in [-0.2, -0.15) is 0 Å². The van der Waals surface area contributed by atoms with Crippen molar-refractivity contribution in [3.05, 3.63) is 99.3 Å². The van der Waals surface area contributed by atoms with Gasteiger partial charge in [-0.3, -0.25) is 14.2 Å². The zero-order chi connectivity index (χ0) is 17.8. The van der Waals surface area contributed by atoms with Gasteiger partial charge in [-0.15, -0.1) is 0 Å². The van der Waals surface area contributed by atoms with Crippen LogP contribution in [0.4, 0.5) is 0 Å². The fourth-order valence-electron chi connectivity index (χ4n) is 3.69. The number of aromatic nitrogens is 1.